The number of azo groups is 1. The van der Waals surface area contributed by atoms with E-state index < -0.39 is 28.6 Å². The van der Waals surface area contributed by atoms with E-state index in [1.165, 1.54) is 18.5 Å². The van der Waals surface area contributed by atoms with Crippen molar-refractivity contribution in [1.29, 1.82) is 5.26 Å². The molecule has 2 aromatic rings. The molecular formula is C17H19N7O5. The third-order valence-corrected chi connectivity index (χ3v) is 4.44. The molecule has 1 atom stereocenters. The Hall–Kier alpha value is -3.85. The molecule has 0 fully saturated rings. The Labute approximate surface area is 164 Å². The highest BCUT2D eigenvalue weighted by Gasteiger charge is 2.34. The first kappa shape index (κ1) is 21.5. The van der Waals surface area contributed by atoms with Gasteiger partial charge in [-0.25, -0.2) is 9.25 Å². The lowest BCUT2D eigenvalue weighted by Gasteiger charge is -2.26. The number of carbonyl (C=O) groups is 2. The van der Waals surface area contributed by atoms with Crippen LogP contribution in [0.2, 0.25) is 0 Å². The van der Waals surface area contributed by atoms with Crippen molar-refractivity contribution in [3.8, 4) is 11.9 Å². The maximum Gasteiger partial charge on any atom is 0.269 e. The summed E-state index contributed by atoms with van der Waals surface area (Å²) in [5.41, 5.74) is 2.07. The van der Waals surface area contributed by atoms with Crippen molar-refractivity contribution in [3.05, 3.63) is 32.7 Å². The normalized spacial score (nSPS) is 13.2. The minimum Gasteiger partial charge on any atom is -0.493 e. The van der Waals surface area contributed by atoms with Gasteiger partial charge in [0, 0.05) is 19.7 Å². The highest BCUT2D eigenvalue weighted by molar-refractivity contribution is 5.95. The van der Waals surface area contributed by atoms with Gasteiger partial charge in [-0.15, -0.1) is 10.2 Å². The summed E-state index contributed by atoms with van der Waals surface area (Å²) in [7, 11) is 2.68. The Balaban J connectivity index is 2.88. The smallest absolute Gasteiger partial charge is 0.269 e. The molecular weight excluding hydrogens is 382 g/mol. The Morgan fingerprint density at radius 3 is 2.52 bits per heavy atom. The largest absolute Gasteiger partial charge is 0.493 e. The van der Waals surface area contributed by atoms with Crippen LogP contribution >= 0.6 is 0 Å². The van der Waals surface area contributed by atoms with E-state index in [1.54, 1.807) is 14.0 Å². The van der Waals surface area contributed by atoms with Crippen molar-refractivity contribution in [2.24, 2.45) is 23.0 Å². The molecule has 0 spiro atoms. The van der Waals surface area contributed by atoms with Crippen LogP contribution in [0.1, 0.15) is 34.1 Å². The third kappa shape index (κ3) is 3.39. The number of pyridine rings is 1. The number of nitriles is 1. The lowest BCUT2D eigenvalue weighted by atomic mass is 10.1. The molecule has 12 nitrogen and oxygen atoms in total. The van der Waals surface area contributed by atoms with E-state index in [0.29, 0.717) is 10.3 Å². The van der Waals surface area contributed by atoms with Crippen LogP contribution in [0.4, 0.5) is 11.5 Å². The number of aromatic hydroxyl groups is 1. The molecule has 0 aliphatic carbocycles. The summed E-state index contributed by atoms with van der Waals surface area (Å²) in [4.78, 5) is 36.1. The number of hydrogen-bond acceptors (Lipinski definition) is 9. The number of rotatable bonds is 6. The molecule has 0 aromatic carbocycles. The van der Waals surface area contributed by atoms with E-state index in [0.717, 1.165) is 7.11 Å². The zero-order valence-corrected chi connectivity index (χ0v) is 16.4. The summed E-state index contributed by atoms with van der Waals surface area (Å²) < 4.78 is 6.90. The molecule has 0 aliphatic rings. The van der Waals surface area contributed by atoms with Gasteiger partial charge in [-0.2, -0.15) is 10.4 Å². The summed E-state index contributed by atoms with van der Waals surface area (Å²) in [5.74, 6) is -1.77. The first-order chi connectivity index (χ1) is 13.5. The topological polar surface area (TPSA) is 178 Å². The minimum atomic E-state index is -1.94. The molecule has 0 aliphatic heterocycles. The van der Waals surface area contributed by atoms with Gasteiger partial charge in [-0.3, -0.25) is 14.4 Å². The quantitative estimate of drug-likeness (QED) is 0.531. The molecule has 2 heterocycles. The van der Waals surface area contributed by atoms with Gasteiger partial charge in [0.05, 0.1) is 5.69 Å². The number of nitrogens with zero attached hydrogens (tertiary/aromatic N) is 6. The third-order valence-electron chi connectivity index (χ3n) is 4.44. The molecule has 152 valence electrons. The summed E-state index contributed by atoms with van der Waals surface area (Å²) in [5, 5.41) is 31.8. The summed E-state index contributed by atoms with van der Waals surface area (Å²) >= 11 is 0. The maximum absolute atomic E-state index is 12.7. The van der Waals surface area contributed by atoms with Gasteiger partial charge in [0.25, 0.3) is 11.5 Å². The molecule has 29 heavy (non-hydrogen) atoms. The van der Waals surface area contributed by atoms with Crippen LogP contribution in [-0.4, -0.2) is 38.8 Å². The highest BCUT2D eigenvalue weighted by Crippen LogP contribution is 2.35. The number of aromatic nitrogens is 3. The number of carbonyl (C=O) groups excluding carboxylic acids is 2. The number of nitrogens with two attached hydrogens (primary N) is 1. The molecule has 3 N–H and O–H groups in total. The summed E-state index contributed by atoms with van der Waals surface area (Å²) in [6.07, 6.45) is 0.271. The van der Waals surface area contributed by atoms with E-state index in [1.807, 2.05) is 6.07 Å². The van der Waals surface area contributed by atoms with Crippen molar-refractivity contribution in [3.63, 3.8) is 0 Å². The fourth-order valence-electron chi connectivity index (χ4n) is 2.76. The van der Waals surface area contributed by atoms with Gasteiger partial charge in [0.2, 0.25) is 11.6 Å². The van der Waals surface area contributed by atoms with Gasteiger partial charge in [0.15, 0.2) is 12.1 Å². The first-order valence-corrected chi connectivity index (χ1v) is 8.19. The Morgan fingerprint density at radius 2 is 2.03 bits per heavy atom. The number of aldehydes is 1. The van der Waals surface area contributed by atoms with E-state index in [9.17, 15) is 24.8 Å². The molecule has 1 unspecified atom stereocenters. The number of amides is 1. The van der Waals surface area contributed by atoms with Crippen LogP contribution in [0.3, 0.4) is 0 Å². The molecule has 0 bridgehead atoms. The number of ether oxygens (including phenoxy) is 1. The molecule has 12 heteroatoms. The number of methoxy groups -OCH3 is 1. The molecule has 0 saturated carbocycles. The average Bonchev–Trinajstić information content (AvgIpc) is 2.93. The fourth-order valence-corrected chi connectivity index (χ4v) is 2.76. The van der Waals surface area contributed by atoms with Gasteiger partial charge in [0.1, 0.15) is 22.9 Å². The van der Waals surface area contributed by atoms with Gasteiger partial charge in [-0.1, -0.05) is 0 Å². The maximum atomic E-state index is 12.7. The van der Waals surface area contributed by atoms with Gasteiger partial charge < -0.3 is 15.6 Å². The van der Waals surface area contributed by atoms with Gasteiger partial charge >= 0.3 is 0 Å². The molecule has 0 saturated heterocycles. The monoisotopic (exact) mass is 401 g/mol. The second-order valence-corrected chi connectivity index (χ2v) is 6.27. The van der Waals surface area contributed by atoms with Crippen LogP contribution in [0.25, 0.3) is 0 Å². The van der Waals surface area contributed by atoms with Crippen molar-refractivity contribution in [2.75, 3.05) is 7.11 Å². The van der Waals surface area contributed by atoms with E-state index in [-0.39, 0.29) is 28.9 Å². The molecule has 2 rings (SSSR count). The average molecular weight is 401 g/mol. The highest BCUT2D eigenvalue weighted by atomic mass is 16.5. The standard InChI is InChI=1S/C17H19N7O5/c1-8-11(13(19)26)15(27)24(17(3,7-25)29-5)16(28)12(8)20-21-14-10(6-18)9(2)22-23(14)4/h7,28H,1-5H3,(H2,19,26). The van der Waals surface area contributed by atoms with E-state index in [4.69, 9.17) is 10.5 Å². The zero-order valence-electron chi connectivity index (χ0n) is 16.4. The Morgan fingerprint density at radius 1 is 1.41 bits per heavy atom. The first-order valence-electron chi connectivity index (χ1n) is 8.19. The SMILES string of the molecule is COC(C)(C=O)n1c(O)c(N=Nc2c(C#N)c(C)nn2C)c(C)c(C(N)=O)c1=O. The second-order valence-electron chi connectivity index (χ2n) is 6.27. The number of hydrogen-bond donors (Lipinski definition) is 2. The van der Waals surface area contributed by atoms with Crippen molar-refractivity contribution in [2.45, 2.75) is 26.5 Å². The fraction of sp³-hybridized carbons (Fsp3) is 0.353. The Bertz CT molecular complexity index is 1140. The van der Waals surface area contributed by atoms with Crippen LogP contribution < -0.4 is 11.3 Å². The Kier molecular flexibility index (Phi) is 5.65. The minimum absolute atomic E-state index is 0.0539. The summed E-state index contributed by atoms with van der Waals surface area (Å²) in [6, 6.07) is 1.95. The van der Waals surface area contributed by atoms with Gasteiger partial charge in [-0.05, 0) is 20.8 Å². The second kappa shape index (κ2) is 7.64. The van der Waals surface area contributed by atoms with Crippen LogP contribution in [0.15, 0.2) is 15.0 Å². The number of primary amides is 1. The lowest BCUT2D eigenvalue weighted by Crippen LogP contribution is -2.44. The van der Waals surface area contributed by atoms with Crippen LogP contribution in [0.5, 0.6) is 5.88 Å². The van der Waals surface area contributed by atoms with Crippen molar-refractivity contribution in [1.82, 2.24) is 14.3 Å². The molecule has 0 radical (unpaired) electrons. The molecule has 1 amide bonds. The van der Waals surface area contributed by atoms with Crippen LogP contribution in [-0.2, 0) is 22.3 Å². The van der Waals surface area contributed by atoms with E-state index >= 15 is 0 Å². The lowest BCUT2D eigenvalue weighted by molar-refractivity contribution is -0.138. The van der Waals surface area contributed by atoms with Crippen molar-refractivity contribution < 1.29 is 19.4 Å². The van der Waals surface area contributed by atoms with Crippen molar-refractivity contribution >= 4 is 23.7 Å². The summed E-state index contributed by atoms with van der Waals surface area (Å²) in [6.45, 7) is 4.16. The predicted octanol–water partition coefficient (Wildman–Crippen LogP) is 0.808. The molecule has 2 aromatic heterocycles. The number of aryl methyl sites for hydroxylation is 2. The zero-order chi connectivity index (χ0) is 22.1. The van der Waals surface area contributed by atoms with E-state index in [2.05, 4.69) is 15.3 Å². The van der Waals surface area contributed by atoms with Crippen LogP contribution in [0, 0.1) is 25.2 Å². The predicted molar refractivity (Wildman–Crippen MR) is 99.2 cm³/mol.